The van der Waals surface area contributed by atoms with Crippen molar-refractivity contribution in [3.8, 4) is 0 Å². The van der Waals surface area contributed by atoms with E-state index in [0.717, 1.165) is 39.0 Å². The van der Waals surface area contributed by atoms with Gasteiger partial charge in [-0.05, 0) is 30.4 Å². The van der Waals surface area contributed by atoms with Crippen LogP contribution in [0.1, 0.15) is 30.9 Å². The topological polar surface area (TPSA) is 23.6 Å². The average molecular weight is 258 g/mol. The molecule has 1 aromatic rings. The Bertz CT molecular complexity index is 472. The first-order valence-corrected chi connectivity index (χ1v) is 7.30. The summed E-state index contributed by atoms with van der Waals surface area (Å²) < 4.78 is 0. The molecule has 2 aliphatic rings. The molecule has 0 N–H and O–H groups in total. The van der Waals surface area contributed by atoms with E-state index in [9.17, 15) is 4.79 Å². The van der Waals surface area contributed by atoms with Crippen molar-refractivity contribution >= 4 is 5.91 Å². The van der Waals surface area contributed by atoms with Crippen molar-refractivity contribution in [2.24, 2.45) is 0 Å². The fourth-order valence-electron chi connectivity index (χ4n) is 3.37. The predicted octanol–water partition coefficient (Wildman–Crippen LogP) is 2.06. The smallest absolute Gasteiger partial charge is 0.219 e. The summed E-state index contributed by atoms with van der Waals surface area (Å²) in [6.07, 6.45) is 3.51. The molecule has 3 nitrogen and oxygen atoms in total. The quantitative estimate of drug-likeness (QED) is 0.770. The lowest BCUT2D eigenvalue weighted by molar-refractivity contribution is -0.131. The predicted molar refractivity (Wildman–Crippen MR) is 75.8 cm³/mol. The van der Waals surface area contributed by atoms with Crippen molar-refractivity contribution in [3.63, 3.8) is 0 Å². The zero-order valence-corrected chi connectivity index (χ0v) is 11.6. The molecule has 2 heterocycles. The second-order valence-electron chi connectivity index (χ2n) is 5.75. The second-order valence-corrected chi connectivity index (χ2v) is 5.75. The zero-order valence-electron chi connectivity index (χ0n) is 11.6. The van der Waals surface area contributed by atoms with Crippen LogP contribution in [0, 0.1) is 0 Å². The van der Waals surface area contributed by atoms with Crippen LogP contribution in [0.25, 0.3) is 0 Å². The molecular weight excluding hydrogens is 236 g/mol. The molecule has 1 aromatic carbocycles. The number of rotatable bonds is 1. The Morgan fingerprint density at radius 1 is 1.21 bits per heavy atom. The standard InChI is InChI=1S/C16H22N2O/c1-13(19)17-9-4-7-16(12-17)18-10-8-14-5-2-3-6-15(14)11-18/h2-3,5-6,16H,4,7-12H2,1H3/t16-/m1/s1. The number of carbonyl (C=O) groups excluding carboxylic acids is 1. The summed E-state index contributed by atoms with van der Waals surface area (Å²) in [5, 5.41) is 0. The van der Waals surface area contributed by atoms with Crippen LogP contribution in [0.3, 0.4) is 0 Å². The minimum atomic E-state index is 0.224. The maximum atomic E-state index is 11.5. The first-order chi connectivity index (χ1) is 9.24. The van der Waals surface area contributed by atoms with Gasteiger partial charge in [0.15, 0.2) is 0 Å². The Morgan fingerprint density at radius 2 is 2.00 bits per heavy atom. The summed E-state index contributed by atoms with van der Waals surface area (Å²) >= 11 is 0. The number of fused-ring (bicyclic) bond motifs is 1. The summed E-state index contributed by atoms with van der Waals surface area (Å²) in [5.41, 5.74) is 2.96. The van der Waals surface area contributed by atoms with E-state index in [2.05, 4.69) is 29.2 Å². The zero-order chi connectivity index (χ0) is 13.2. The average Bonchev–Trinajstić information content (AvgIpc) is 2.47. The Balaban J connectivity index is 1.69. The van der Waals surface area contributed by atoms with Crippen LogP contribution in [0.5, 0.6) is 0 Å². The lowest BCUT2D eigenvalue weighted by atomic mass is 9.96. The van der Waals surface area contributed by atoms with Crippen LogP contribution < -0.4 is 0 Å². The summed E-state index contributed by atoms with van der Waals surface area (Å²) in [4.78, 5) is 16.1. The number of hydrogen-bond acceptors (Lipinski definition) is 2. The molecule has 1 amide bonds. The Hall–Kier alpha value is -1.35. The van der Waals surface area contributed by atoms with E-state index in [4.69, 9.17) is 0 Å². The van der Waals surface area contributed by atoms with Crippen LogP contribution in [-0.4, -0.2) is 41.4 Å². The lowest BCUT2D eigenvalue weighted by Crippen LogP contribution is -2.50. The second kappa shape index (κ2) is 5.33. The summed E-state index contributed by atoms with van der Waals surface area (Å²) in [6, 6.07) is 9.30. The molecule has 102 valence electrons. The molecule has 2 aliphatic heterocycles. The third kappa shape index (κ3) is 2.66. The normalized spacial score (nSPS) is 24.1. The summed E-state index contributed by atoms with van der Waals surface area (Å²) in [5.74, 6) is 0.224. The van der Waals surface area contributed by atoms with Gasteiger partial charge in [-0.25, -0.2) is 0 Å². The van der Waals surface area contributed by atoms with Crippen molar-refractivity contribution in [1.82, 2.24) is 9.80 Å². The third-order valence-electron chi connectivity index (χ3n) is 4.52. The molecule has 0 radical (unpaired) electrons. The molecule has 1 atom stereocenters. The third-order valence-corrected chi connectivity index (χ3v) is 4.52. The van der Waals surface area contributed by atoms with Crippen LogP contribution in [0.15, 0.2) is 24.3 Å². The van der Waals surface area contributed by atoms with Crippen LogP contribution >= 0.6 is 0 Å². The molecule has 3 rings (SSSR count). The number of benzene rings is 1. The number of likely N-dealkylation sites (tertiary alicyclic amines) is 1. The van der Waals surface area contributed by atoms with E-state index in [1.165, 1.54) is 17.5 Å². The molecule has 1 fully saturated rings. The van der Waals surface area contributed by atoms with Gasteiger partial charge < -0.3 is 4.90 Å². The van der Waals surface area contributed by atoms with Gasteiger partial charge in [-0.2, -0.15) is 0 Å². The van der Waals surface area contributed by atoms with Crippen molar-refractivity contribution in [3.05, 3.63) is 35.4 Å². The molecule has 19 heavy (non-hydrogen) atoms. The lowest BCUT2D eigenvalue weighted by Gasteiger charge is -2.41. The maximum absolute atomic E-state index is 11.5. The largest absolute Gasteiger partial charge is 0.341 e. The van der Waals surface area contributed by atoms with E-state index in [1.807, 2.05) is 4.90 Å². The fraction of sp³-hybridized carbons (Fsp3) is 0.562. The van der Waals surface area contributed by atoms with E-state index >= 15 is 0 Å². The van der Waals surface area contributed by atoms with Crippen LogP contribution in [0.2, 0.25) is 0 Å². The molecule has 3 heteroatoms. The van der Waals surface area contributed by atoms with Gasteiger partial charge in [0, 0.05) is 39.1 Å². The van der Waals surface area contributed by atoms with Crippen molar-refractivity contribution in [1.29, 1.82) is 0 Å². The molecule has 0 saturated carbocycles. The molecule has 0 unspecified atom stereocenters. The van der Waals surface area contributed by atoms with Crippen LogP contribution in [0.4, 0.5) is 0 Å². The summed E-state index contributed by atoms with van der Waals surface area (Å²) in [6.45, 7) is 5.72. The first kappa shape index (κ1) is 12.7. The number of hydrogen-bond donors (Lipinski definition) is 0. The van der Waals surface area contributed by atoms with Gasteiger partial charge in [-0.15, -0.1) is 0 Å². The minimum Gasteiger partial charge on any atom is -0.341 e. The van der Waals surface area contributed by atoms with Gasteiger partial charge in [-0.1, -0.05) is 24.3 Å². The first-order valence-electron chi connectivity index (χ1n) is 7.30. The Morgan fingerprint density at radius 3 is 2.79 bits per heavy atom. The SMILES string of the molecule is CC(=O)N1CCC[C@@H](N2CCc3ccccc3C2)C1. The molecule has 0 aliphatic carbocycles. The monoisotopic (exact) mass is 258 g/mol. The van der Waals surface area contributed by atoms with Crippen molar-refractivity contribution < 1.29 is 4.79 Å². The van der Waals surface area contributed by atoms with E-state index in [0.29, 0.717) is 6.04 Å². The van der Waals surface area contributed by atoms with Gasteiger partial charge in [0.2, 0.25) is 5.91 Å². The van der Waals surface area contributed by atoms with Gasteiger partial charge in [0.1, 0.15) is 0 Å². The highest BCUT2D eigenvalue weighted by Gasteiger charge is 2.28. The molecular formula is C16H22N2O. The van der Waals surface area contributed by atoms with Crippen molar-refractivity contribution in [2.45, 2.75) is 38.8 Å². The molecule has 0 spiro atoms. The Labute approximate surface area is 115 Å². The van der Waals surface area contributed by atoms with Gasteiger partial charge in [0.25, 0.3) is 0 Å². The fourth-order valence-corrected chi connectivity index (χ4v) is 3.37. The Kier molecular flexibility index (Phi) is 3.56. The van der Waals surface area contributed by atoms with Crippen molar-refractivity contribution in [2.75, 3.05) is 19.6 Å². The van der Waals surface area contributed by atoms with Gasteiger partial charge in [0.05, 0.1) is 0 Å². The summed E-state index contributed by atoms with van der Waals surface area (Å²) in [7, 11) is 0. The highest BCUT2D eigenvalue weighted by Crippen LogP contribution is 2.24. The number of carbonyl (C=O) groups is 1. The number of nitrogens with zero attached hydrogens (tertiary/aromatic N) is 2. The number of piperidine rings is 1. The van der Waals surface area contributed by atoms with E-state index in [-0.39, 0.29) is 5.91 Å². The van der Waals surface area contributed by atoms with Gasteiger partial charge >= 0.3 is 0 Å². The highest BCUT2D eigenvalue weighted by atomic mass is 16.2. The number of amides is 1. The molecule has 1 saturated heterocycles. The highest BCUT2D eigenvalue weighted by molar-refractivity contribution is 5.73. The molecule has 0 aromatic heterocycles. The van der Waals surface area contributed by atoms with E-state index in [1.54, 1.807) is 6.92 Å². The van der Waals surface area contributed by atoms with E-state index < -0.39 is 0 Å². The maximum Gasteiger partial charge on any atom is 0.219 e. The molecule has 0 bridgehead atoms. The van der Waals surface area contributed by atoms with Crippen LogP contribution in [-0.2, 0) is 17.8 Å². The minimum absolute atomic E-state index is 0.224. The van der Waals surface area contributed by atoms with Gasteiger partial charge in [-0.3, -0.25) is 9.69 Å².